The molecule has 0 aliphatic heterocycles. The van der Waals surface area contributed by atoms with E-state index in [0.29, 0.717) is 47.7 Å². The van der Waals surface area contributed by atoms with E-state index in [-0.39, 0.29) is 53.9 Å². The fourth-order valence-electron chi connectivity index (χ4n) is 5.26. The fraction of sp³-hybridized carbons (Fsp3) is 0.900. The maximum atomic E-state index is 12.6. The zero-order chi connectivity index (χ0) is 30.7. The van der Waals surface area contributed by atoms with Gasteiger partial charge in [-0.2, -0.15) is 0 Å². The highest BCUT2D eigenvalue weighted by Gasteiger charge is 2.30. The molecule has 0 saturated heterocycles. The minimum atomic E-state index is -0.314. The minimum Gasteiger partial charge on any atom is -0.460 e. The summed E-state index contributed by atoms with van der Waals surface area (Å²) in [5, 5.41) is 6.28. The number of rotatable bonds is 18. The number of ether oxygens (including phenoxy) is 2. The second-order valence-electron chi connectivity index (χ2n) is 15.4. The summed E-state index contributed by atoms with van der Waals surface area (Å²) in [5.74, 6) is 0.218. The van der Waals surface area contributed by atoms with Crippen LogP contribution in [0.1, 0.15) is 81.6 Å². The molecule has 230 valence electrons. The van der Waals surface area contributed by atoms with E-state index < -0.39 is 0 Å². The lowest BCUT2D eigenvalue weighted by Gasteiger charge is -2.35. The van der Waals surface area contributed by atoms with Gasteiger partial charge >= 0.3 is 5.97 Å². The molecule has 0 fully saturated rings. The van der Waals surface area contributed by atoms with Gasteiger partial charge in [-0.15, -0.1) is 0 Å². The fourth-order valence-corrected chi connectivity index (χ4v) is 5.26. The second kappa shape index (κ2) is 15.3. The number of hydrogen-bond donors (Lipinski definition) is 2. The molecular weight excluding hydrogens is 496 g/mol. The van der Waals surface area contributed by atoms with E-state index in [1.165, 1.54) is 0 Å². The van der Waals surface area contributed by atoms with Crippen LogP contribution in [-0.2, 0) is 23.9 Å². The molecule has 0 atom stereocenters. The lowest BCUT2D eigenvalue weighted by atomic mass is 9.82. The predicted octanol–water partition coefficient (Wildman–Crippen LogP) is 3.36. The van der Waals surface area contributed by atoms with Gasteiger partial charge in [-0.1, -0.05) is 34.6 Å². The van der Waals surface area contributed by atoms with Gasteiger partial charge in [0.15, 0.2) is 13.1 Å². The van der Waals surface area contributed by atoms with E-state index in [1.807, 2.05) is 42.0 Å². The van der Waals surface area contributed by atoms with Gasteiger partial charge in [0.1, 0.15) is 19.7 Å². The maximum Gasteiger partial charge on any atom is 0.308 e. The maximum absolute atomic E-state index is 12.6. The molecular formula is C30H62N4O5+2. The Labute approximate surface area is 239 Å². The van der Waals surface area contributed by atoms with Crippen molar-refractivity contribution in [1.29, 1.82) is 0 Å². The summed E-state index contributed by atoms with van der Waals surface area (Å²) in [6, 6.07) is 0. The van der Waals surface area contributed by atoms with Crippen LogP contribution in [0.25, 0.3) is 0 Å². The van der Waals surface area contributed by atoms with Crippen molar-refractivity contribution in [3.8, 4) is 0 Å². The summed E-state index contributed by atoms with van der Waals surface area (Å²) >= 11 is 0. The number of carbonyl (C=O) groups excluding carboxylic acids is 3. The molecule has 0 unspecified atom stereocenters. The molecule has 0 saturated carbocycles. The van der Waals surface area contributed by atoms with E-state index in [4.69, 9.17) is 9.47 Å². The van der Waals surface area contributed by atoms with Crippen molar-refractivity contribution < 1.29 is 32.8 Å². The SMILES string of the molecule is CC(C)CC(C)(C)NC(=O)C[N+](C)(C)CCOCCC(=O)OCC[N+](C)(C)CC(=O)NC(C)(C)CC(C)(C)C. The molecule has 0 aliphatic carbocycles. The monoisotopic (exact) mass is 558 g/mol. The number of nitrogens with one attached hydrogen (secondary N) is 2. The van der Waals surface area contributed by atoms with Crippen molar-refractivity contribution >= 4 is 17.8 Å². The van der Waals surface area contributed by atoms with Gasteiger partial charge in [0, 0.05) is 11.1 Å². The summed E-state index contributed by atoms with van der Waals surface area (Å²) < 4.78 is 12.0. The minimum absolute atomic E-state index is 0.00736. The molecule has 0 aromatic carbocycles. The molecule has 0 spiro atoms. The van der Waals surface area contributed by atoms with Gasteiger partial charge in [0.25, 0.3) is 11.8 Å². The molecule has 0 bridgehead atoms. The van der Waals surface area contributed by atoms with Gasteiger partial charge in [0.05, 0.1) is 47.8 Å². The third-order valence-corrected chi connectivity index (χ3v) is 6.24. The lowest BCUT2D eigenvalue weighted by molar-refractivity contribution is -0.882. The highest BCUT2D eigenvalue weighted by Crippen LogP contribution is 2.26. The van der Waals surface area contributed by atoms with E-state index in [0.717, 1.165) is 12.8 Å². The number of amides is 2. The standard InChI is InChI=1S/C30H60N4O5/c1-24(2)20-29(6,7)31-25(35)21-33(10,11)15-18-38-17-14-27(37)39-19-16-34(12,13)22-26(36)32-30(8,9)23-28(3,4)5/h24H,14-23H2,1-13H3/p+2. The Morgan fingerprint density at radius 2 is 1.18 bits per heavy atom. The van der Waals surface area contributed by atoms with Crippen molar-refractivity contribution in [3.05, 3.63) is 0 Å². The summed E-state index contributed by atoms with van der Waals surface area (Å²) in [7, 11) is 7.91. The first kappa shape index (κ1) is 37.3. The number of hydrogen-bond acceptors (Lipinski definition) is 5. The zero-order valence-electron chi connectivity index (χ0n) is 27.6. The van der Waals surface area contributed by atoms with E-state index in [1.54, 1.807) is 0 Å². The van der Waals surface area contributed by atoms with Gasteiger partial charge in [-0.25, -0.2) is 0 Å². The molecule has 2 amide bonds. The third-order valence-electron chi connectivity index (χ3n) is 6.24. The summed E-state index contributed by atoms with van der Waals surface area (Å²) in [5.41, 5.74) is -0.395. The first-order valence-corrected chi connectivity index (χ1v) is 14.4. The number of esters is 1. The predicted molar refractivity (Wildman–Crippen MR) is 158 cm³/mol. The van der Waals surface area contributed by atoms with Gasteiger partial charge in [-0.3, -0.25) is 14.4 Å². The van der Waals surface area contributed by atoms with E-state index >= 15 is 0 Å². The number of carbonyl (C=O) groups is 3. The average Bonchev–Trinajstić information content (AvgIpc) is 2.61. The van der Waals surface area contributed by atoms with E-state index in [2.05, 4.69) is 59.1 Å². The van der Waals surface area contributed by atoms with Crippen molar-refractivity contribution in [2.24, 2.45) is 11.3 Å². The largest absolute Gasteiger partial charge is 0.460 e. The molecule has 0 aliphatic rings. The molecule has 0 heterocycles. The molecule has 2 N–H and O–H groups in total. The number of quaternary nitrogens is 2. The molecule has 9 nitrogen and oxygen atoms in total. The molecule has 0 aromatic rings. The molecule has 39 heavy (non-hydrogen) atoms. The van der Waals surface area contributed by atoms with Gasteiger partial charge in [0.2, 0.25) is 0 Å². The highest BCUT2D eigenvalue weighted by atomic mass is 16.5. The van der Waals surface area contributed by atoms with Crippen molar-refractivity contribution in [1.82, 2.24) is 10.6 Å². The third kappa shape index (κ3) is 20.8. The molecule has 0 aromatic heterocycles. The molecule has 9 heteroatoms. The number of likely N-dealkylation sites (N-methyl/N-ethyl adjacent to an activating group) is 2. The Morgan fingerprint density at radius 1 is 0.718 bits per heavy atom. The average molecular weight is 559 g/mol. The first-order valence-electron chi connectivity index (χ1n) is 14.4. The van der Waals surface area contributed by atoms with Crippen LogP contribution in [0.15, 0.2) is 0 Å². The highest BCUT2D eigenvalue weighted by molar-refractivity contribution is 5.78. The van der Waals surface area contributed by atoms with Crippen LogP contribution >= 0.6 is 0 Å². The Hall–Kier alpha value is -1.71. The smallest absolute Gasteiger partial charge is 0.308 e. The van der Waals surface area contributed by atoms with Crippen molar-refractivity contribution in [3.63, 3.8) is 0 Å². The summed E-state index contributed by atoms with van der Waals surface area (Å²) in [4.78, 5) is 37.3. The Morgan fingerprint density at radius 3 is 1.64 bits per heavy atom. The van der Waals surface area contributed by atoms with Gasteiger partial charge in [-0.05, 0) is 51.9 Å². The van der Waals surface area contributed by atoms with Crippen LogP contribution in [0.5, 0.6) is 0 Å². The lowest BCUT2D eigenvalue weighted by Crippen LogP contribution is -2.54. The second-order valence-corrected chi connectivity index (χ2v) is 15.4. The van der Waals surface area contributed by atoms with E-state index in [9.17, 15) is 14.4 Å². The normalized spacial score (nSPS) is 13.4. The number of nitrogens with zero attached hydrogens (tertiary/aromatic N) is 2. The van der Waals surface area contributed by atoms with Gasteiger partial charge < -0.3 is 29.1 Å². The van der Waals surface area contributed by atoms with Crippen LogP contribution in [-0.4, -0.2) is 112 Å². The van der Waals surface area contributed by atoms with Crippen LogP contribution < -0.4 is 10.6 Å². The topological polar surface area (TPSA) is 93.7 Å². The van der Waals surface area contributed by atoms with Crippen molar-refractivity contribution in [2.75, 3.05) is 74.2 Å². The van der Waals surface area contributed by atoms with Crippen LogP contribution in [0, 0.1) is 11.3 Å². The van der Waals surface area contributed by atoms with Crippen molar-refractivity contribution in [2.45, 2.75) is 92.7 Å². The molecule has 0 radical (unpaired) electrons. The summed E-state index contributed by atoms with van der Waals surface area (Å²) in [6.07, 6.45) is 1.97. The summed E-state index contributed by atoms with van der Waals surface area (Å²) in [6.45, 7) is 21.9. The molecule has 0 rings (SSSR count). The van der Waals surface area contributed by atoms with Crippen LogP contribution in [0.2, 0.25) is 0 Å². The Kier molecular flexibility index (Phi) is 14.7. The van der Waals surface area contributed by atoms with Crippen LogP contribution in [0.4, 0.5) is 0 Å². The van der Waals surface area contributed by atoms with Crippen LogP contribution in [0.3, 0.4) is 0 Å². The quantitative estimate of drug-likeness (QED) is 0.153. The zero-order valence-corrected chi connectivity index (χ0v) is 27.6. The Bertz CT molecular complexity index is 783. The first-order chi connectivity index (χ1) is 17.4. The Balaban J connectivity index is 4.25.